The summed E-state index contributed by atoms with van der Waals surface area (Å²) in [6.45, 7) is 1.34. The fourth-order valence-electron chi connectivity index (χ4n) is 2.43. The Morgan fingerprint density at radius 2 is 1.62 bits per heavy atom. The molecule has 0 bridgehead atoms. The van der Waals surface area contributed by atoms with Crippen molar-refractivity contribution in [1.82, 2.24) is 9.97 Å². The highest BCUT2D eigenvalue weighted by molar-refractivity contribution is 5.59. The van der Waals surface area contributed by atoms with Crippen LogP contribution in [-0.4, -0.2) is 16.5 Å². The van der Waals surface area contributed by atoms with E-state index in [-0.39, 0.29) is 0 Å². The first kappa shape index (κ1) is 16.0. The zero-order valence-corrected chi connectivity index (χ0v) is 13.4. The maximum absolute atomic E-state index is 5.68. The van der Waals surface area contributed by atoms with E-state index < -0.39 is 0 Å². The highest BCUT2D eigenvalue weighted by atomic mass is 15.1. The fraction of sp³-hybridized carbons (Fsp3) is 0.158. The molecule has 4 N–H and O–H groups in total. The lowest BCUT2D eigenvalue weighted by atomic mass is 10.1. The Morgan fingerprint density at radius 3 is 2.46 bits per heavy atom. The van der Waals surface area contributed by atoms with Crippen molar-refractivity contribution in [3.8, 4) is 0 Å². The molecule has 3 aromatic rings. The average molecular weight is 319 g/mol. The first-order chi connectivity index (χ1) is 11.8. The van der Waals surface area contributed by atoms with E-state index in [0.29, 0.717) is 6.54 Å². The minimum absolute atomic E-state index is 0.519. The molecular formula is C19H21N5. The van der Waals surface area contributed by atoms with Crippen LogP contribution >= 0.6 is 0 Å². The van der Waals surface area contributed by atoms with Crippen molar-refractivity contribution >= 4 is 17.3 Å². The van der Waals surface area contributed by atoms with Gasteiger partial charge in [-0.3, -0.25) is 0 Å². The van der Waals surface area contributed by atoms with Crippen LogP contribution in [0.3, 0.4) is 0 Å². The van der Waals surface area contributed by atoms with Crippen molar-refractivity contribution in [3.05, 3.63) is 78.1 Å². The quantitative estimate of drug-likeness (QED) is 0.623. The Balaban J connectivity index is 1.59. The number of benzene rings is 2. The van der Waals surface area contributed by atoms with Crippen LogP contribution in [0.5, 0.6) is 0 Å². The molecule has 0 unspecified atom stereocenters. The Kier molecular flexibility index (Phi) is 5.37. The van der Waals surface area contributed by atoms with Gasteiger partial charge in [-0.1, -0.05) is 42.5 Å². The highest BCUT2D eigenvalue weighted by Crippen LogP contribution is 2.17. The molecule has 5 nitrogen and oxygen atoms in total. The van der Waals surface area contributed by atoms with Gasteiger partial charge in [-0.2, -0.15) is 0 Å². The van der Waals surface area contributed by atoms with Crippen LogP contribution in [0.15, 0.2) is 67.0 Å². The first-order valence-corrected chi connectivity index (χ1v) is 7.99. The minimum Gasteiger partial charge on any atom is -0.370 e. The summed E-state index contributed by atoms with van der Waals surface area (Å²) in [6, 6.07) is 20.3. The summed E-state index contributed by atoms with van der Waals surface area (Å²) in [5.74, 6) is 1.56. The maximum Gasteiger partial charge on any atom is 0.135 e. The monoisotopic (exact) mass is 319 g/mol. The van der Waals surface area contributed by atoms with Crippen LogP contribution in [0.1, 0.15) is 11.1 Å². The molecule has 1 heterocycles. The van der Waals surface area contributed by atoms with Crippen LogP contribution in [0, 0.1) is 0 Å². The summed E-state index contributed by atoms with van der Waals surface area (Å²) < 4.78 is 0. The number of anilines is 3. The van der Waals surface area contributed by atoms with Crippen LogP contribution in [0.2, 0.25) is 0 Å². The van der Waals surface area contributed by atoms with Gasteiger partial charge in [-0.05, 0) is 29.7 Å². The van der Waals surface area contributed by atoms with Gasteiger partial charge in [-0.15, -0.1) is 0 Å². The largest absolute Gasteiger partial charge is 0.370 e. The van der Waals surface area contributed by atoms with E-state index in [4.69, 9.17) is 5.73 Å². The molecule has 2 aromatic carbocycles. The standard InChI is InChI=1S/C19H21N5/c20-13-16-7-4-8-17(11-16)24-19-12-18(22-14-23-19)21-10-9-15-5-2-1-3-6-15/h1-8,11-12,14H,9-10,13,20H2,(H2,21,22,23,24). The minimum atomic E-state index is 0.519. The van der Waals surface area contributed by atoms with Gasteiger partial charge < -0.3 is 16.4 Å². The van der Waals surface area contributed by atoms with Crippen molar-refractivity contribution in [2.75, 3.05) is 17.2 Å². The third-order valence-electron chi connectivity index (χ3n) is 3.66. The second-order valence-corrected chi connectivity index (χ2v) is 5.48. The molecule has 0 aliphatic heterocycles. The van der Waals surface area contributed by atoms with E-state index in [1.807, 2.05) is 36.4 Å². The molecule has 24 heavy (non-hydrogen) atoms. The van der Waals surface area contributed by atoms with Gasteiger partial charge in [0.25, 0.3) is 0 Å². The van der Waals surface area contributed by atoms with E-state index in [9.17, 15) is 0 Å². The van der Waals surface area contributed by atoms with Crippen LogP contribution in [0.25, 0.3) is 0 Å². The number of nitrogens with two attached hydrogens (primary N) is 1. The highest BCUT2D eigenvalue weighted by Gasteiger charge is 2.01. The number of nitrogens with zero attached hydrogens (tertiary/aromatic N) is 2. The van der Waals surface area contributed by atoms with E-state index in [1.165, 1.54) is 5.56 Å². The smallest absolute Gasteiger partial charge is 0.135 e. The van der Waals surface area contributed by atoms with Crippen LogP contribution in [-0.2, 0) is 13.0 Å². The summed E-state index contributed by atoms with van der Waals surface area (Å²) in [5, 5.41) is 6.61. The van der Waals surface area contributed by atoms with Gasteiger partial charge >= 0.3 is 0 Å². The molecule has 0 fully saturated rings. The van der Waals surface area contributed by atoms with E-state index >= 15 is 0 Å². The van der Waals surface area contributed by atoms with Crippen molar-refractivity contribution in [2.45, 2.75) is 13.0 Å². The Morgan fingerprint density at radius 1 is 0.833 bits per heavy atom. The van der Waals surface area contributed by atoms with Gasteiger partial charge in [0.05, 0.1) is 0 Å². The third-order valence-corrected chi connectivity index (χ3v) is 3.66. The zero-order valence-electron chi connectivity index (χ0n) is 13.4. The summed E-state index contributed by atoms with van der Waals surface area (Å²) in [5.41, 5.74) is 9.02. The predicted molar refractivity (Wildman–Crippen MR) is 98.3 cm³/mol. The lowest BCUT2D eigenvalue weighted by Crippen LogP contribution is -2.07. The first-order valence-electron chi connectivity index (χ1n) is 7.99. The van der Waals surface area contributed by atoms with Crippen LogP contribution in [0.4, 0.5) is 17.3 Å². The van der Waals surface area contributed by atoms with Crippen molar-refractivity contribution in [3.63, 3.8) is 0 Å². The van der Waals surface area contributed by atoms with Gasteiger partial charge in [0.2, 0.25) is 0 Å². The predicted octanol–water partition coefficient (Wildman–Crippen LogP) is 3.33. The topological polar surface area (TPSA) is 75.9 Å². The average Bonchev–Trinajstić information content (AvgIpc) is 2.63. The summed E-state index contributed by atoms with van der Waals surface area (Å²) in [7, 11) is 0. The van der Waals surface area contributed by atoms with Gasteiger partial charge in [0, 0.05) is 24.8 Å². The van der Waals surface area contributed by atoms with Crippen molar-refractivity contribution < 1.29 is 0 Å². The second kappa shape index (κ2) is 8.08. The Bertz CT molecular complexity index is 773. The zero-order chi connectivity index (χ0) is 16.6. The molecule has 3 rings (SSSR count). The maximum atomic E-state index is 5.68. The van der Waals surface area contributed by atoms with E-state index in [2.05, 4.69) is 44.9 Å². The Labute approximate surface area is 142 Å². The molecule has 0 saturated heterocycles. The number of nitrogens with one attached hydrogen (secondary N) is 2. The summed E-state index contributed by atoms with van der Waals surface area (Å²) >= 11 is 0. The second-order valence-electron chi connectivity index (χ2n) is 5.48. The summed E-state index contributed by atoms with van der Waals surface area (Å²) in [6.07, 6.45) is 2.51. The number of hydrogen-bond donors (Lipinski definition) is 3. The molecule has 0 aliphatic carbocycles. The molecule has 0 radical (unpaired) electrons. The normalized spacial score (nSPS) is 10.4. The molecule has 0 spiro atoms. The Hall–Kier alpha value is -2.92. The molecule has 1 aromatic heterocycles. The number of hydrogen-bond acceptors (Lipinski definition) is 5. The van der Waals surface area contributed by atoms with E-state index in [1.54, 1.807) is 6.33 Å². The molecule has 0 aliphatic rings. The molecule has 5 heteroatoms. The molecule has 0 saturated carbocycles. The lowest BCUT2D eigenvalue weighted by Gasteiger charge is -2.09. The lowest BCUT2D eigenvalue weighted by molar-refractivity contribution is 1.000. The molecule has 0 amide bonds. The van der Waals surface area contributed by atoms with Crippen molar-refractivity contribution in [1.29, 1.82) is 0 Å². The van der Waals surface area contributed by atoms with Gasteiger partial charge in [-0.25, -0.2) is 9.97 Å². The SMILES string of the molecule is NCc1cccc(Nc2cc(NCCc3ccccc3)ncn2)c1. The van der Waals surface area contributed by atoms with Crippen molar-refractivity contribution in [2.24, 2.45) is 5.73 Å². The number of aromatic nitrogens is 2. The molecule has 0 atom stereocenters. The van der Waals surface area contributed by atoms with Gasteiger partial charge in [0.1, 0.15) is 18.0 Å². The molecule has 122 valence electrons. The number of rotatable bonds is 7. The van der Waals surface area contributed by atoms with Gasteiger partial charge in [0.15, 0.2) is 0 Å². The van der Waals surface area contributed by atoms with E-state index in [0.717, 1.165) is 35.9 Å². The third kappa shape index (κ3) is 4.54. The summed E-state index contributed by atoms with van der Waals surface area (Å²) in [4.78, 5) is 8.53. The fourth-order valence-corrected chi connectivity index (χ4v) is 2.43. The van der Waals surface area contributed by atoms with Crippen LogP contribution < -0.4 is 16.4 Å². The molecular weight excluding hydrogens is 298 g/mol.